The predicted molar refractivity (Wildman–Crippen MR) is 31.0 cm³/mol. The zero-order valence-corrected chi connectivity index (χ0v) is 5.59. The molecule has 0 saturated heterocycles. The molecular formula is C4H6Cl2F2. The Morgan fingerprint density at radius 2 is 1.88 bits per heavy atom. The van der Waals surface area contributed by atoms with Crippen LogP contribution in [0.15, 0.2) is 0 Å². The van der Waals surface area contributed by atoms with Crippen molar-refractivity contribution < 1.29 is 8.78 Å². The van der Waals surface area contributed by atoms with Crippen molar-refractivity contribution in [2.24, 2.45) is 0 Å². The van der Waals surface area contributed by atoms with E-state index in [9.17, 15) is 8.78 Å². The third-order valence-electron chi connectivity index (χ3n) is 0.658. The summed E-state index contributed by atoms with van der Waals surface area (Å²) in [5.74, 6) is 0. The van der Waals surface area contributed by atoms with Crippen LogP contribution in [0, 0.1) is 0 Å². The molecular weight excluding hydrogens is 157 g/mol. The second-order valence-electron chi connectivity index (χ2n) is 1.33. The highest BCUT2D eigenvalue weighted by molar-refractivity contribution is 6.44. The van der Waals surface area contributed by atoms with Crippen LogP contribution in [0.1, 0.15) is 6.42 Å². The van der Waals surface area contributed by atoms with Crippen LogP contribution >= 0.6 is 23.2 Å². The molecule has 0 N–H and O–H groups in total. The van der Waals surface area contributed by atoms with Crippen LogP contribution in [0.3, 0.4) is 0 Å². The van der Waals surface area contributed by atoms with Gasteiger partial charge in [-0.15, -0.1) is 23.2 Å². The predicted octanol–water partition coefficient (Wildman–Crippen LogP) is 2.49. The first-order valence-electron chi connectivity index (χ1n) is 2.16. The Bertz CT molecular complexity index is 58.0. The van der Waals surface area contributed by atoms with E-state index in [0.29, 0.717) is 0 Å². The van der Waals surface area contributed by atoms with Crippen molar-refractivity contribution in [1.82, 2.24) is 0 Å². The molecule has 0 aliphatic carbocycles. The summed E-state index contributed by atoms with van der Waals surface area (Å²) in [7, 11) is 0. The van der Waals surface area contributed by atoms with Gasteiger partial charge in [0.05, 0.1) is 6.67 Å². The van der Waals surface area contributed by atoms with E-state index in [1.54, 1.807) is 0 Å². The fraction of sp³-hybridized carbons (Fsp3) is 1.00. The second-order valence-corrected chi connectivity index (χ2v) is 2.49. The molecule has 1 atom stereocenters. The standard InChI is InChI=1S/C4H6Cl2F2/c5-4(6)3(8)1-2-7/h3-4H,1-2H2. The summed E-state index contributed by atoms with van der Waals surface area (Å²) in [5.41, 5.74) is 0. The van der Waals surface area contributed by atoms with Gasteiger partial charge in [-0.1, -0.05) is 0 Å². The lowest BCUT2D eigenvalue weighted by atomic mass is 10.3. The van der Waals surface area contributed by atoms with Crippen molar-refractivity contribution in [1.29, 1.82) is 0 Å². The summed E-state index contributed by atoms with van der Waals surface area (Å²) in [5, 5.41) is 0. The van der Waals surface area contributed by atoms with Gasteiger partial charge in [0, 0.05) is 6.42 Å². The van der Waals surface area contributed by atoms with Gasteiger partial charge in [-0.25, -0.2) is 4.39 Å². The van der Waals surface area contributed by atoms with Crippen molar-refractivity contribution in [2.75, 3.05) is 6.67 Å². The van der Waals surface area contributed by atoms with Gasteiger partial charge in [0.25, 0.3) is 0 Å². The maximum absolute atomic E-state index is 12.0. The van der Waals surface area contributed by atoms with Crippen LogP contribution in [0.25, 0.3) is 0 Å². The van der Waals surface area contributed by atoms with Gasteiger partial charge in [0.2, 0.25) is 0 Å². The minimum atomic E-state index is -1.43. The second kappa shape index (κ2) is 4.33. The summed E-state index contributed by atoms with van der Waals surface area (Å²) >= 11 is 10.1. The zero-order valence-electron chi connectivity index (χ0n) is 4.08. The van der Waals surface area contributed by atoms with E-state index < -0.39 is 17.7 Å². The lowest BCUT2D eigenvalue weighted by molar-refractivity contribution is 0.298. The van der Waals surface area contributed by atoms with Crippen LogP contribution in [-0.4, -0.2) is 17.7 Å². The van der Waals surface area contributed by atoms with Crippen LogP contribution in [0.5, 0.6) is 0 Å². The summed E-state index contributed by atoms with van der Waals surface area (Å²) in [6.45, 7) is -0.711. The molecule has 0 radical (unpaired) electrons. The van der Waals surface area contributed by atoms with Crippen molar-refractivity contribution in [2.45, 2.75) is 17.4 Å². The molecule has 0 heterocycles. The first-order valence-corrected chi connectivity index (χ1v) is 3.04. The molecule has 4 heteroatoms. The highest BCUT2D eigenvalue weighted by Crippen LogP contribution is 2.14. The van der Waals surface area contributed by atoms with E-state index in [4.69, 9.17) is 23.2 Å². The highest BCUT2D eigenvalue weighted by Gasteiger charge is 2.13. The molecule has 0 rings (SSSR count). The quantitative estimate of drug-likeness (QED) is 0.560. The van der Waals surface area contributed by atoms with Gasteiger partial charge in [0.15, 0.2) is 0 Å². The van der Waals surface area contributed by atoms with E-state index in [1.807, 2.05) is 0 Å². The molecule has 0 amide bonds. The highest BCUT2D eigenvalue weighted by atomic mass is 35.5. The maximum Gasteiger partial charge on any atom is 0.138 e. The average Bonchev–Trinajstić information content (AvgIpc) is 1.67. The monoisotopic (exact) mass is 162 g/mol. The topological polar surface area (TPSA) is 0 Å². The van der Waals surface area contributed by atoms with Gasteiger partial charge in [-0.3, -0.25) is 4.39 Å². The van der Waals surface area contributed by atoms with Crippen molar-refractivity contribution in [3.8, 4) is 0 Å². The lowest BCUT2D eigenvalue weighted by Crippen LogP contribution is -2.09. The Labute approximate surface area is 56.8 Å². The normalized spacial score (nSPS) is 14.6. The van der Waals surface area contributed by atoms with E-state index in [2.05, 4.69) is 0 Å². The average molecular weight is 163 g/mol. The molecule has 0 aliphatic rings. The summed E-state index contributed by atoms with van der Waals surface area (Å²) in [6, 6.07) is 0. The molecule has 0 fully saturated rings. The van der Waals surface area contributed by atoms with Crippen molar-refractivity contribution in [3.05, 3.63) is 0 Å². The largest absolute Gasteiger partial charge is 0.251 e. The van der Waals surface area contributed by atoms with Crippen LogP contribution in [-0.2, 0) is 0 Å². The number of hydrogen-bond donors (Lipinski definition) is 0. The van der Waals surface area contributed by atoms with E-state index >= 15 is 0 Å². The first kappa shape index (κ1) is 8.44. The fourth-order valence-electron chi connectivity index (χ4n) is 0.230. The molecule has 0 saturated carbocycles. The van der Waals surface area contributed by atoms with Gasteiger partial charge in [-0.05, 0) is 0 Å². The fourth-order valence-corrected chi connectivity index (χ4v) is 0.482. The molecule has 0 aromatic heterocycles. The molecule has 1 unspecified atom stereocenters. The Morgan fingerprint density at radius 1 is 1.38 bits per heavy atom. The summed E-state index contributed by atoms with van der Waals surface area (Å²) in [4.78, 5) is -1.09. The molecule has 50 valence electrons. The van der Waals surface area contributed by atoms with E-state index in [0.717, 1.165) is 0 Å². The number of halogens is 4. The SMILES string of the molecule is FCCC(F)C(Cl)Cl. The molecule has 0 aliphatic heterocycles. The third kappa shape index (κ3) is 3.44. The van der Waals surface area contributed by atoms with Gasteiger partial charge < -0.3 is 0 Å². The third-order valence-corrected chi connectivity index (χ3v) is 1.21. The molecule has 8 heavy (non-hydrogen) atoms. The molecule has 0 spiro atoms. The Morgan fingerprint density at radius 3 is 2.00 bits per heavy atom. The zero-order chi connectivity index (χ0) is 6.57. The Kier molecular flexibility index (Phi) is 4.57. The maximum atomic E-state index is 12.0. The lowest BCUT2D eigenvalue weighted by Gasteiger charge is -2.03. The Balaban J connectivity index is 3.17. The first-order chi connectivity index (χ1) is 3.68. The molecule has 0 bridgehead atoms. The summed E-state index contributed by atoms with van der Waals surface area (Å²) < 4.78 is 23.3. The number of alkyl halides is 4. The van der Waals surface area contributed by atoms with Crippen LogP contribution in [0.4, 0.5) is 8.78 Å². The van der Waals surface area contributed by atoms with Crippen LogP contribution < -0.4 is 0 Å². The number of rotatable bonds is 3. The summed E-state index contributed by atoms with van der Waals surface area (Å²) in [6.07, 6.45) is -1.64. The molecule has 0 aromatic carbocycles. The molecule has 0 nitrogen and oxygen atoms in total. The van der Waals surface area contributed by atoms with E-state index in [1.165, 1.54) is 0 Å². The van der Waals surface area contributed by atoms with Crippen LogP contribution in [0.2, 0.25) is 0 Å². The minimum absolute atomic E-state index is 0.211. The minimum Gasteiger partial charge on any atom is -0.251 e. The number of hydrogen-bond acceptors (Lipinski definition) is 0. The van der Waals surface area contributed by atoms with Gasteiger partial charge >= 0.3 is 0 Å². The van der Waals surface area contributed by atoms with Gasteiger partial charge in [-0.2, -0.15) is 0 Å². The van der Waals surface area contributed by atoms with E-state index in [-0.39, 0.29) is 6.42 Å². The molecule has 0 aromatic rings. The van der Waals surface area contributed by atoms with Gasteiger partial charge in [0.1, 0.15) is 11.0 Å². The Hall–Kier alpha value is 0.440. The smallest absolute Gasteiger partial charge is 0.138 e. The van der Waals surface area contributed by atoms with Crippen molar-refractivity contribution in [3.63, 3.8) is 0 Å². The van der Waals surface area contributed by atoms with Crippen molar-refractivity contribution >= 4 is 23.2 Å².